The molecule has 0 amide bonds. The quantitative estimate of drug-likeness (QED) is 0.154. The van der Waals surface area contributed by atoms with E-state index in [1.54, 1.807) is 0 Å². The third kappa shape index (κ3) is 5.54. The van der Waals surface area contributed by atoms with E-state index in [2.05, 4.69) is 217 Å². The Labute approximate surface area is 330 Å². The molecule has 11 aromatic rings. The molecule has 0 bridgehead atoms. The van der Waals surface area contributed by atoms with Crippen LogP contribution in [0.15, 0.2) is 212 Å². The van der Waals surface area contributed by atoms with Gasteiger partial charge < -0.3 is 4.90 Å². The van der Waals surface area contributed by atoms with Gasteiger partial charge in [0.2, 0.25) is 0 Å². The molecule has 0 atom stereocenters. The summed E-state index contributed by atoms with van der Waals surface area (Å²) < 4.78 is 2.58. The van der Waals surface area contributed by atoms with Crippen molar-refractivity contribution in [3.05, 3.63) is 212 Å². The molecule has 0 saturated heterocycles. The van der Waals surface area contributed by atoms with Crippen molar-refractivity contribution in [2.45, 2.75) is 0 Å². The lowest BCUT2D eigenvalue weighted by Crippen LogP contribution is -2.09. The van der Waals surface area contributed by atoms with Crippen LogP contribution in [0.3, 0.4) is 0 Å². The molecule has 0 saturated carbocycles. The van der Waals surface area contributed by atoms with Crippen molar-refractivity contribution in [1.82, 2.24) is 0 Å². The first-order valence-corrected chi connectivity index (χ1v) is 20.0. The first-order chi connectivity index (χ1) is 27.7. The van der Waals surface area contributed by atoms with Crippen LogP contribution in [0.5, 0.6) is 0 Å². The van der Waals surface area contributed by atoms with Gasteiger partial charge in [-0.1, -0.05) is 158 Å². The maximum absolute atomic E-state index is 2.40. The lowest BCUT2D eigenvalue weighted by Gasteiger charge is -2.26. The average molecular weight is 730 g/mol. The Morgan fingerprint density at radius 3 is 1.66 bits per heavy atom. The van der Waals surface area contributed by atoms with Crippen molar-refractivity contribution in [1.29, 1.82) is 0 Å². The predicted octanol–water partition coefficient (Wildman–Crippen LogP) is 16.0. The number of hydrogen-bond donors (Lipinski definition) is 0. The summed E-state index contributed by atoms with van der Waals surface area (Å²) in [7, 11) is 0. The van der Waals surface area contributed by atoms with Crippen LogP contribution in [0.25, 0.3) is 85.9 Å². The zero-order chi connectivity index (χ0) is 37.0. The molecular weight excluding hydrogens is 695 g/mol. The molecule has 10 aromatic carbocycles. The van der Waals surface area contributed by atoms with Crippen molar-refractivity contribution in [2.24, 2.45) is 0 Å². The smallest absolute Gasteiger partial charge is 0.0468 e. The predicted molar refractivity (Wildman–Crippen MR) is 243 cm³/mol. The van der Waals surface area contributed by atoms with Crippen molar-refractivity contribution >= 4 is 80.9 Å². The van der Waals surface area contributed by atoms with Crippen molar-refractivity contribution in [2.75, 3.05) is 4.90 Å². The molecule has 56 heavy (non-hydrogen) atoms. The van der Waals surface area contributed by atoms with Gasteiger partial charge in [0, 0.05) is 37.2 Å². The molecule has 0 fully saturated rings. The summed E-state index contributed by atoms with van der Waals surface area (Å²) in [5, 5.41) is 10.2. The van der Waals surface area contributed by atoms with Crippen LogP contribution >= 0.6 is 11.3 Å². The fourth-order valence-electron chi connectivity index (χ4n) is 8.52. The van der Waals surface area contributed by atoms with E-state index in [0.717, 1.165) is 17.1 Å². The molecule has 262 valence electrons. The molecule has 1 heterocycles. The van der Waals surface area contributed by atoms with E-state index in [1.807, 2.05) is 11.3 Å². The van der Waals surface area contributed by atoms with E-state index in [4.69, 9.17) is 0 Å². The minimum Gasteiger partial charge on any atom is -0.310 e. The Morgan fingerprint density at radius 2 is 0.857 bits per heavy atom. The Balaban J connectivity index is 1.06. The largest absolute Gasteiger partial charge is 0.310 e. The van der Waals surface area contributed by atoms with E-state index in [9.17, 15) is 0 Å². The maximum Gasteiger partial charge on any atom is 0.0468 e. The van der Waals surface area contributed by atoms with Crippen LogP contribution < -0.4 is 4.90 Å². The van der Waals surface area contributed by atoms with E-state index in [1.165, 1.54) is 85.9 Å². The van der Waals surface area contributed by atoms with Gasteiger partial charge in [-0.15, -0.1) is 11.3 Å². The minimum absolute atomic E-state index is 1.11. The maximum atomic E-state index is 2.40. The van der Waals surface area contributed by atoms with E-state index in [0.29, 0.717) is 0 Å². The number of benzene rings is 10. The SMILES string of the molecule is c1ccc(-c2ccc(N(c3ccc(-c4cccc5ccccc45)cc3)c3ccc4sc5cccc(-c6ccc7c(ccc8ccccc87)c6)c5c4c3)cc2)cc1. The van der Waals surface area contributed by atoms with Gasteiger partial charge in [0.05, 0.1) is 0 Å². The lowest BCUT2D eigenvalue weighted by atomic mass is 9.95. The zero-order valence-corrected chi connectivity index (χ0v) is 31.4. The van der Waals surface area contributed by atoms with Crippen LogP contribution in [0, 0.1) is 0 Å². The summed E-state index contributed by atoms with van der Waals surface area (Å²) >= 11 is 1.87. The first-order valence-electron chi connectivity index (χ1n) is 19.2. The van der Waals surface area contributed by atoms with Crippen molar-refractivity contribution in [3.63, 3.8) is 0 Å². The summed E-state index contributed by atoms with van der Waals surface area (Å²) in [5.41, 5.74) is 10.7. The zero-order valence-electron chi connectivity index (χ0n) is 30.6. The molecule has 0 N–H and O–H groups in total. The minimum atomic E-state index is 1.11. The molecule has 0 radical (unpaired) electrons. The van der Waals surface area contributed by atoms with Gasteiger partial charge in [0.1, 0.15) is 0 Å². The number of rotatable bonds is 6. The third-order valence-corrected chi connectivity index (χ3v) is 12.4. The highest BCUT2D eigenvalue weighted by Crippen LogP contribution is 2.45. The van der Waals surface area contributed by atoms with Gasteiger partial charge in [-0.3, -0.25) is 0 Å². The normalized spacial score (nSPS) is 11.6. The summed E-state index contributed by atoms with van der Waals surface area (Å²) in [4.78, 5) is 2.40. The van der Waals surface area contributed by atoms with Crippen LogP contribution in [0.2, 0.25) is 0 Å². The molecule has 11 rings (SSSR count). The van der Waals surface area contributed by atoms with Crippen molar-refractivity contribution < 1.29 is 0 Å². The second-order valence-electron chi connectivity index (χ2n) is 14.5. The second-order valence-corrected chi connectivity index (χ2v) is 15.6. The first kappa shape index (κ1) is 32.4. The molecule has 0 aliphatic rings. The Bertz CT molecular complexity index is 3230. The van der Waals surface area contributed by atoms with Crippen LogP contribution in [0.1, 0.15) is 0 Å². The van der Waals surface area contributed by atoms with Gasteiger partial charge in [0.15, 0.2) is 0 Å². The number of anilines is 3. The highest BCUT2D eigenvalue weighted by atomic mass is 32.1. The molecule has 1 aromatic heterocycles. The lowest BCUT2D eigenvalue weighted by molar-refractivity contribution is 1.29. The van der Waals surface area contributed by atoms with Crippen LogP contribution in [0.4, 0.5) is 17.1 Å². The van der Waals surface area contributed by atoms with E-state index in [-0.39, 0.29) is 0 Å². The van der Waals surface area contributed by atoms with Crippen LogP contribution in [-0.4, -0.2) is 0 Å². The molecular formula is C54H35NS. The standard InChI is InChI=1S/C54H35NS/c1-2-10-36(11-3-1)37-22-27-43(28-23-37)55(44-29-24-40(25-30-44)48-17-8-14-38-12-4-6-15-46(38)48)45-31-33-52-51(35-45)54-50(18-9-19-53(54)56-52)42-26-32-49-41(34-42)21-20-39-13-5-7-16-47(39)49/h1-35H. The number of thiophene rings is 1. The Kier molecular flexibility index (Phi) is 7.75. The Hall–Kier alpha value is -7.00. The highest BCUT2D eigenvalue weighted by molar-refractivity contribution is 7.26. The van der Waals surface area contributed by atoms with E-state index >= 15 is 0 Å². The summed E-state index contributed by atoms with van der Waals surface area (Å²) in [6, 6.07) is 77.7. The topological polar surface area (TPSA) is 3.24 Å². The summed E-state index contributed by atoms with van der Waals surface area (Å²) in [6.07, 6.45) is 0. The van der Waals surface area contributed by atoms with Crippen LogP contribution in [-0.2, 0) is 0 Å². The highest BCUT2D eigenvalue weighted by Gasteiger charge is 2.18. The monoisotopic (exact) mass is 729 g/mol. The van der Waals surface area contributed by atoms with Gasteiger partial charge in [-0.2, -0.15) is 0 Å². The van der Waals surface area contributed by atoms with Gasteiger partial charge in [0.25, 0.3) is 0 Å². The number of hydrogen-bond acceptors (Lipinski definition) is 2. The molecule has 0 aliphatic carbocycles. The fourth-order valence-corrected chi connectivity index (χ4v) is 9.64. The molecule has 0 unspecified atom stereocenters. The number of fused-ring (bicyclic) bond motifs is 7. The third-order valence-electron chi connectivity index (χ3n) is 11.3. The van der Waals surface area contributed by atoms with Gasteiger partial charge in [-0.25, -0.2) is 0 Å². The fraction of sp³-hybridized carbons (Fsp3) is 0. The summed E-state index contributed by atoms with van der Waals surface area (Å²) in [6.45, 7) is 0. The second kappa shape index (κ2) is 13.4. The molecule has 0 aliphatic heterocycles. The molecule has 2 heteroatoms. The van der Waals surface area contributed by atoms with Gasteiger partial charge in [-0.05, 0) is 120 Å². The summed E-state index contributed by atoms with van der Waals surface area (Å²) in [5.74, 6) is 0. The van der Waals surface area contributed by atoms with E-state index < -0.39 is 0 Å². The number of nitrogens with zero attached hydrogens (tertiary/aromatic N) is 1. The average Bonchev–Trinajstić information content (AvgIpc) is 3.65. The van der Waals surface area contributed by atoms with Crippen molar-refractivity contribution in [3.8, 4) is 33.4 Å². The van der Waals surface area contributed by atoms with Gasteiger partial charge >= 0.3 is 0 Å². The Morgan fingerprint density at radius 1 is 0.286 bits per heavy atom. The molecule has 0 spiro atoms. The molecule has 1 nitrogen and oxygen atoms in total.